The molecule has 1 unspecified atom stereocenters. The molecule has 0 aliphatic heterocycles. The molecule has 3 amide bonds. The van der Waals surface area contributed by atoms with Gasteiger partial charge in [-0.3, -0.25) is 14.4 Å². The molecule has 0 spiro atoms. The normalized spacial score (nSPS) is 11.8. The Morgan fingerprint density at radius 1 is 0.886 bits per heavy atom. The average molecular weight is 492 g/mol. The number of carbonyl (C=O) groups excluding carboxylic acids is 3. The van der Waals surface area contributed by atoms with Crippen LogP contribution in [0.5, 0.6) is 5.75 Å². The smallest absolute Gasteiger partial charge is 0.272 e. The molecule has 8 heteroatoms. The number of rotatable bonds is 8. The lowest BCUT2D eigenvalue weighted by Gasteiger charge is -2.16. The summed E-state index contributed by atoms with van der Waals surface area (Å²) in [6.07, 6.45) is 0.849. The number of amides is 3. The van der Waals surface area contributed by atoms with E-state index in [-0.39, 0.29) is 17.5 Å². The predicted molar refractivity (Wildman–Crippen MR) is 138 cm³/mol. The molecule has 0 fully saturated rings. The molecule has 0 heterocycles. The van der Waals surface area contributed by atoms with Crippen molar-refractivity contribution in [2.24, 2.45) is 0 Å². The zero-order valence-corrected chi connectivity index (χ0v) is 20.3. The highest BCUT2D eigenvalue weighted by molar-refractivity contribution is 6.32. The van der Waals surface area contributed by atoms with Crippen LogP contribution in [0.3, 0.4) is 0 Å². The van der Waals surface area contributed by atoms with Crippen LogP contribution < -0.4 is 20.7 Å². The number of ether oxygens (including phenoxy) is 1. The van der Waals surface area contributed by atoms with Gasteiger partial charge in [0.2, 0.25) is 5.91 Å². The number of benzene rings is 3. The van der Waals surface area contributed by atoms with Crippen LogP contribution >= 0.6 is 11.6 Å². The molecule has 0 radical (unpaired) electrons. The number of nitrogens with one attached hydrogen (secondary N) is 3. The highest BCUT2D eigenvalue weighted by atomic mass is 35.5. The Kier molecular flexibility index (Phi) is 8.64. The maximum Gasteiger partial charge on any atom is 0.272 e. The van der Waals surface area contributed by atoms with Crippen molar-refractivity contribution in [3.63, 3.8) is 0 Å². The van der Waals surface area contributed by atoms with Gasteiger partial charge in [0.25, 0.3) is 11.8 Å². The lowest BCUT2D eigenvalue weighted by atomic mass is 10.1. The molecule has 180 valence electrons. The van der Waals surface area contributed by atoms with E-state index in [1.165, 1.54) is 6.92 Å². The molecule has 3 aromatic carbocycles. The maximum atomic E-state index is 12.8. The van der Waals surface area contributed by atoms with Crippen LogP contribution in [-0.2, 0) is 14.4 Å². The highest BCUT2D eigenvalue weighted by Crippen LogP contribution is 2.24. The largest absolute Gasteiger partial charge is 0.479 e. The minimum absolute atomic E-state index is 0.120. The summed E-state index contributed by atoms with van der Waals surface area (Å²) in [5, 5.41) is 8.51. The minimum atomic E-state index is -0.777. The van der Waals surface area contributed by atoms with E-state index >= 15 is 0 Å². The fourth-order valence-corrected chi connectivity index (χ4v) is 3.30. The van der Waals surface area contributed by atoms with Gasteiger partial charge in [-0.05, 0) is 67.4 Å². The molecule has 35 heavy (non-hydrogen) atoms. The zero-order chi connectivity index (χ0) is 25.4. The molecule has 3 N–H and O–H groups in total. The molecular formula is C27H26ClN3O4. The lowest BCUT2D eigenvalue weighted by Crippen LogP contribution is -2.30. The van der Waals surface area contributed by atoms with E-state index in [0.717, 1.165) is 11.1 Å². The summed E-state index contributed by atoms with van der Waals surface area (Å²) in [7, 11) is 0. The molecule has 0 bridgehead atoms. The molecule has 0 aromatic heterocycles. The second-order valence-electron chi connectivity index (χ2n) is 7.81. The van der Waals surface area contributed by atoms with Crippen molar-refractivity contribution in [3.05, 3.63) is 94.6 Å². The fourth-order valence-electron chi connectivity index (χ4n) is 3.12. The van der Waals surface area contributed by atoms with E-state index in [1.807, 2.05) is 31.2 Å². The van der Waals surface area contributed by atoms with Crippen molar-refractivity contribution in [3.8, 4) is 5.75 Å². The van der Waals surface area contributed by atoms with Gasteiger partial charge in [-0.2, -0.15) is 0 Å². The van der Waals surface area contributed by atoms with Crippen LogP contribution in [0.25, 0.3) is 6.08 Å². The number of hydrogen-bond donors (Lipinski definition) is 3. The molecule has 3 aromatic rings. The molecule has 1 atom stereocenters. The summed E-state index contributed by atoms with van der Waals surface area (Å²) in [6, 6.07) is 21.0. The summed E-state index contributed by atoms with van der Waals surface area (Å²) >= 11 is 6.08. The van der Waals surface area contributed by atoms with Crippen molar-refractivity contribution in [2.45, 2.75) is 26.9 Å². The van der Waals surface area contributed by atoms with Crippen molar-refractivity contribution in [2.75, 3.05) is 10.6 Å². The van der Waals surface area contributed by atoms with Crippen molar-refractivity contribution in [1.29, 1.82) is 0 Å². The SMILES string of the molecule is CC(=O)N/C(=C\c1ccccc1C)C(=O)Nc1ccc(NC(=O)C(C)Oc2ccccc2Cl)cc1. The van der Waals surface area contributed by atoms with Gasteiger partial charge in [-0.1, -0.05) is 48.0 Å². The maximum absolute atomic E-state index is 12.8. The standard InChI is InChI=1S/C27H26ClN3O4/c1-17-8-4-5-9-20(17)16-24(29-19(3)32)27(34)31-22-14-12-21(13-15-22)30-26(33)18(2)35-25-11-7-6-10-23(25)28/h4-16,18H,1-3H3,(H,29,32)(H,30,33)(H,31,34)/b24-16-. The summed E-state index contributed by atoms with van der Waals surface area (Å²) < 4.78 is 5.63. The van der Waals surface area contributed by atoms with E-state index in [1.54, 1.807) is 61.5 Å². The second-order valence-corrected chi connectivity index (χ2v) is 8.21. The number of aryl methyl sites for hydroxylation is 1. The number of hydrogen-bond acceptors (Lipinski definition) is 4. The van der Waals surface area contributed by atoms with Gasteiger partial charge in [-0.15, -0.1) is 0 Å². The molecule has 0 saturated carbocycles. The summed E-state index contributed by atoms with van der Waals surface area (Å²) in [5.41, 5.74) is 2.93. The number of carbonyl (C=O) groups is 3. The van der Waals surface area contributed by atoms with Crippen molar-refractivity contribution >= 4 is 46.8 Å². The van der Waals surface area contributed by atoms with E-state index in [0.29, 0.717) is 22.1 Å². The van der Waals surface area contributed by atoms with Crippen LogP contribution in [0.1, 0.15) is 25.0 Å². The Morgan fingerprint density at radius 3 is 2.11 bits per heavy atom. The molecule has 0 saturated heterocycles. The van der Waals surface area contributed by atoms with Gasteiger partial charge < -0.3 is 20.7 Å². The molecule has 0 aliphatic carbocycles. The molecule has 7 nitrogen and oxygen atoms in total. The van der Waals surface area contributed by atoms with Gasteiger partial charge in [-0.25, -0.2) is 0 Å². The second kappa shape index (κ2) is 11.9. The monoisotopic (exact) mass is 491 g/mol. The van der Waals surface area contributed by atoms with Crippen LogP contribution in [-0.4, -0.2) is 23.8 Å². The first-order chi connectivity index (χ1) is 16.7. The Balaban J connectivity index is 1.64. The topological polar surface area (TPSA) is 96.5 Å². The molecule has 3 rings (SSSR count). The van der Waals surface area contributed by atoms with Gasteiger partial charge in [0.05, 0.1) is 5.02 Å². The Labute approximate surface area is 209 Å². The first-order valence-electron chi connectivity index (χ1n) is 10.9. The third-order valence-electron chi connectivity index (χ3n) is 4.96. The molecular weight excluding hydrogens is 466 g/mol. The first kappa shape index (κ1) is 25.5. The third-order valence-corrected chi connectivity index (χ3v) is 5.28. The Bertz CT molecular complexity index is 1260. The summed E-state index contributed by atoms with van der Waals surface area (Å²) in [5.74, 6) is -0.757. The molecule has 0 aliphatic rings. The lowest BCUT2D eigenvalue weighted by molar-refractivity contribution is -0.122. The zero-order valence-electron chi connectivity index (χ0n) is 19.6. The average Bonchev–Trinajstić information content (AvgIpc) is 2.82. The van der Waals surface area contributed by atoms with Gasteiger partial charge in [0, 0.05) is 18.3 Å². The predicted octanol–water partition coefficient (Wildman–Crippen LogP) is 5.17. The number of halogens is 1. The van der Waals surface area contributed by atoms with Crippen LogP contribution in [0.4, 0.5) is 11.4 Å². The van der Waals surface area contributed by atoms with Crippen LogP contribution in [0.2, 0.25) is 5.02 Å². The highest BCUT2D eigenvalue weighted by Gasteiger charge is 2.17. The van der Waals surface area contributed by atoms with E-state index in [9.17, 15) is 14.4 Å². The van der Waals surface area contributed by atoms with E-state index in [4.69, 9.17) is 16.3 Å². The third kappa shape index (κ3) is 7.45. The quantitative estimate of drug-likeness (QED) is 0.379. The minimum Gasteiger partial charge on any atom is -0.479 e. The van der Waals surface area contributed by atoms with Crippen LogP contribution in [0, 0.1) is 6.92 Å². The van der Waals surface area contributed by atoms with Crippen molar-refractivity contribution in [1.82, 2.24) is 5.32 Å². The van der Waals surface area contributed by atoms with Gasteiger partial charge in [0.15, 0.2) is 6.10 Å². The van der Waals surface area contributed by atoms with Gasteiger partial charge >= 0.3 is 0 Å². The van der Waals surface area contributed by atoms with Crippen molar-refractivity contribution < 1.29 is 19.1 Å². The first-order valence-corrected chi connectivity index (χ1v) is 11.3. The van der Waals surface area contributed by atoms with Gasteiger partial charge in [0.1, 0.15) is 11.4 Å². The van der Waals surface area contributed by atoms with E-state index < -0.39 is 12.0 Å². The summed E-state index contributed by atoms with van der Waals surface area (Å²) in [6.45, 7) is 4.88. The fraction of sp³-hybridized carbons (Fsp3) is 0.148. The Hall–Kier alpha value is -4.10. The van der Waals surface area contributed by atoms with E-state index in [2.05, 4.69) is 16.0 Å². The van der Waals surface area contributed by atoms with Crippen LogP contribution in [0.15, 0.2) is 78.5 Å². The number of anilines is 2. The summed E-state index contributed by atoms with van der Waals surface area (Å²) in [4.78, 5) is 36.9. The number of para-hydroxylation sites is 1. The Morgan fingerprint density at radius 2 is 1.49 bits per heavy atom.